The molecule has 2 N–H and O–H groups in total. The van der Waals surface area contributed by atoms with Gasteiger partial charge in [0.1, 0.15) is 5.75 Å². The van der Waals surface area contributed by atoms with Crippen LogP contribution in [-0.2, 0) is 0 Å². The maximum absolute atomic E-state index is 12.1. The SMILES string of the molecule is CC(NC(=O)c1ccccc1O)c1ccc(Cl)cc1Cl. The summed E-state index contributed by atoms with van der Waals surface area (Å²) in [4.78, 5) is 12.1. The average molecular weight is 310 g/mol. The maximum Gasteiger partial charge on any atom is 0.255 e. The van der Waals surface area contributed by atoms with Crippen molar-refractivity contribution >= 4 is 29.1 Å². The van der Waals surface area contributed by atoms with E-state index in [9.17, 15) is 9.90 Å². The van der Waals surface area contributed by atoms with Crippen molar-refractivity contribution in [2.24, 2.45) is 0 Å². The van der Waals surface area contributed by atoms with Gasteiger partial charge >= 0.3 is 0 Å². The lowest BCUT2D eigenvalue weighted by atomic mass is 10.1. The number of phenols is 1. The highest BCUT2D eigenvalue weighted by molar-refractivity contribution is 6.35. The van der Waals surface area contributed by atoms with E-state index < -0.39 is 0 Å². The van der Waals surface area contributed by atoms with E-state index in [1.807, 2.05) is 6.92 Å². The Morgan fingerprint density at radius 3 is 2.55 bits per heavy atom. The van der Waals surface area contributed by atoms with Gasteiger partial charge in [-0.05, 0) is 36.8 Å². The first-order valence-electron chi connectivity index (χ1n) is 6.03. The standard InChI is InChI=1S/C15H13Cl2NO2/c1-9(11-7-6-10(16)8-13(11)17)18-15(20)12-4-2-3-5-14(12)19/h2-9,19H,1H3,(H,18,20). The Balaban J connectivity index is 2.17. The Bertz CT molecular complexity index is 644. The van der Waals surface area contributed by atoms with Gasteiger partial charge in [0, 0.05) is 10.0 Å². The third-order valence-corrected chi connectivity index (χ3v) is 3.49. The van der Waals surface area contributed by atoms with Crippen LogP contribution in [0.2, 0.25) is 10.0 Å². The normalized spacial score (nSPS) is 11.9. The van der Waals surface area contributed by atoms with Crippen molar-refractivity contribution in [3.8, 4) is 5.75 Å². The van der Waals surface area contributed by atoms with Gasteiger partial charge in [-0.15, -0.1) is 0 Å². The number of hydrogen-bond donors (Lipinski definition) is 2. The summed E-state index contributed by atoms with van der Waals surface area (Å²) in [6, 6.07) is 11.2. The highest BCUT2D eigenvalue weighted by Gasteiger charge is 2.16. The van der Waals surface area contributed by atoms with Crippen molar-refractivity contribution in [1.29, 1.82) is 0 Å². The number of rotatable bonds is 3. The van der Waals surface area contributed by atoms with Crippen molar-refractivity contribution in [2.75, 3.05) is 0 Å². The number of carbonyl (C=O) groups is 1. The fraction of sp³-hybridized carbons (Fsp3) is 0.133. The number of hydrogen-bond acceptors (Lipinski definition) is 2. The summed E-state index contributed by atoms with van der Waals surface area (Å²) in [6.07, 6.45) is 0. The first-order valence-corrected chi connectivity index (χ1v) is 6.78. The van der Waals surface area contributed by atoms with Gasteiger partial charge in [-0.1, -0.05) is 41.4 Å². The highest BCUT2D eigenvalue weighted by atomic mass is 35.5. The second kappa shape index (κ2) is 6.16. The van der Waals surface area contributed by atoms with Crippen LogP contribution in [0.3, 0.4) is 0 Å². The van der Waals surface area contributed by atoms with Crippen LogP contribution in [0.4, 0.5) is 0 Å². The topological polar surface area (TPSA) is 49.3 Å². The molecule has 20 heavy (non-hydrogen) atoms. The molecule has 5 heteroatoms. The summed E-state index contributed by atoms with van der Waals surface area (Å²) in [7, 11) is 0. The van der Waals surface area contributed by atoms with Crippen molar-refractivity contribution < 1.29 is 9.90 Å². The number of nitrogens with one attached hydrogen (secondary N) is 1. The molecule has 0 aliphatic rings. The summed E-state index contributed by atoms with van der Waals surface area (Å²) in [5, 5.41) is 13.5. The molecule has 0 saturated heterocycles. The molecular formula is C15H13Cl2NO2. The second-order valence-electron chi connectivity index (χ2n) is 4.38. The van der Waals surface area contributed by atoms with E-state index in [4.69, 9.17) is 23.2 Å². The second-order valence-corrected chi connectivity index (χ2v) is 5.22. The van der Waals surface area contributed by atoms with E-state index in [0.717, 1.165) is 5.56 Å². The number of para-hydroxylation sites is 1. The first kappa shape index (κ1) is 14.7. The molecule has 0 aromatic heterocycles. The molecular weight excluding hydrogens is 297 g/mol. The number of halogens is 2. The van der Waals surface area contributed by atoms with Gasteiger partial charge in [-0.3, -0.25) is 4.79 Å². The molecule has 0 aliphatic carbocycles. The van der Waals surface area contributed by atoms with Gasteiger partial charge in [-0.2, -0.15) is 0 Å². The molecule has 0 radical (unpaired) electrons. The molecule has 3 nitrogen and oxygen atoms in total. The van der Waals surface area contributed by atoms with E-state index in [0.29, 0.717) is 10.0 Å². The molecule has 2 rings (SSSR count). The fourth-order valence-corrected chi connectivity index (χ4v) is 2.44. The largest absolute Gasteiger partial charge is 0.507 e. The minimum atomic E-state index is -0.360. The number of aromatic hydroxyl groups is 1. The van der Waals surface area contributed by atoms with Crippen LogP contribution in [-0.4, -0.2) is 11.0 Å². The molecule has 0 spiro atoms. The van der Waals surface area contributed by atoms with Crippen LogP contribution in [0.15, 0.2) is 42.5 Å². The zero-order chi connectivity index (χ0) is 14.7. The molecule has 1 atom stereocenters. The summed E-state index contributed by atoms with van der Waals surface area (Å²) in [5.74, 6) is -0.416. The average Bonchev–Trinajstić information content (AvgIpc) is 2.38. The number of carbonyl (C=O) groups excluding carboxylic acids is 1. The highest BCUT2D eigenvalue weighted by Crippen LogP contribution is 2.26. The monoisotopic (exact) mass is 309 g/mol. The minimum absolute atomic E-state index is 0.0561. The van der Waals surface area contributed by atoms with Crippen LogP contribution >= 0.6 is 23.2 Å². The van der Waals surface area contributed by atoms with Crippen LogP contribution in [0.5, 0.6) is 5.75 Å². The first-order chi connectivity index (χ1) is 9.49. The lowest BCUT2D eigenvalue weighted by Gasteiger charge is -2.16. The summed E-state index contributed by atoms with van der Waals surface area (Å²) >= 11 is 11.9. The summed E-state index contributed by atoms with van der Waals surface area (Å²) in [5.41, 5.74) is 0.990. The Morgan fingerprint density at radius 2 is 1.90 bits per heavy atom. The number of benzene rings is 2. The van der Waals surface area contributed by atoms with Crippen molar-refractivity contribution in [3.63, 3.8) is 0 Å². The fourth-order valence-electron chi connectivity index (χ4n) is 1.87. The summed E-state index contributed by atoms with van der Waals surface area (Å²) in [6.45, 7) is 1.81. The van der Waals surface area contributed by atoms with Gasteiger partial charge in [0.05, 0.1) is 11.6 Å². The van der Waals surface area contributed by atoms with Gasteiger partial charge in [0.2, 0.25) is 0 Å². The van der Waals surface area contributed by atoms with E-state index in [1.54, 1.807) is 36.4 Å². The van der Waals surface area contributed by atoms with Crippen LogP contribution in [0, 0.1) is 0 Å². The van der Waals surface area contributed by atoms with Gasteiger partial charge in [0.25, 0.3) is 5.91 Å². The Kier molecular flexibility index (Phi) is 4.53. The predicted molar refractivity (Wildman–Crippen MR) is 80.5 cm³/mol. The maximum atomic E-state index is 12.1. The Hall–Kier alpha value is -1.71. The molecule has 1 amide bonds. The molecule has 2 aromatic rings. The quantitative estimate of drug-likeness (QED) is 0.893. The van der Waals surface area contributed by atoms with Crippen LogP contribution < -0.4 is 5.32 Å². The Morgan fingerprint density at radius 1 is 1.20 bits per heavy atom. The van der Waals surface area contributed by atoms with Gasteiger partial charge < -0.3 is 10.4 Å². The van der Waals surface area contributed by atoms with Crippen LogP contribution in [0.25, 0.3) is 0 Å². The number of amides is 1. The van der Waals surface area contributed by atoms with Crippen molar-refractivity contribution in [1.82, 2.24) is 5.32 Å². The van der Waals surface area contributed by atoms with E-state index in [1.165, 1.54) is 6.07 Å². The molecule has 104 valence electrons. The van der Waals surface area contributed by atoms with Crippen molar-refractivity contribution in [2.45, 2.75) is 13.0 Å². The molecule has 1 unspecified atom stereocenters. The zero-order valence-electron chi connectivity index (χ0n) is 10.7. The Labute approximate surface area is 127 Å². The zero-order valence-corrected chi connectivity index (χ0v) is 12.2. The molecule has 0 aliphatic heterocycles. The lowest BCUT2D eigenvalue weighted by molar-refractivity contribution is 0.0937. The molecule has 0 saturated carbocycles. The van der Waals surface area contributed by atoms with Gasteiger partial charge in [-0.25, -0.2) is 0 Å². The van der Waals surface area contributed by atoms with E-state index >= 15 is 0 Å². The molecule has 0 heterocycles. The number of phenolic OH excluding ortho intramolecular Hbond substituents is 1. The predicted octanol–water partition coefficient (Wildman–Crippen LogP) is 4.19. The molecule has 2 aromatic carbocycles. The summed E-state index contributed by atoms with van der Waals surface area (Å²) < 4.78 is 0. The molecule has 0 bridgehead atoms. The van der Waals surface area contributed by atoms with E-state index in [2.05, 4.69) is 5.32 Å². The molecule has 0 fully saturated rings. The van der Waals surface area contributed by atoms with Gasteiger partial charge in [0.15, 0.2) is 0 Å². The third kappa shape index (κ3) is 3.24. The van der Waals surface area contributed by atoms with E-state index in [-0.39, 0.29) is 23.3 Å². The third-order valence-electron chi connectivity index (χ3n) is 2.93. The minimum Gasteiger partial charge on any atom is -0.507 e. The van der Waals surface area contributed by atoms with Crippen molar-refractivity contribution in [3.05, 3.63) is 63.6 Å². The smallest absolute Gasteiger partial charge is 0.255 e. The lowest BCUT2D eigenvalue weighted by Crippen LogP contribution is -2.26. The van der Waals surface area contributed by atoms with Crippen LogP contribution in [0.1, 0.15) is 28.9 Å².